The van der Waals surface area contributed by atoms with Crippen LogP contribution in [0.1, 0.15) is 25.0 Å². The Bertz CT molecular complexity index is 2240. The molecule has 0 spiro atoms. The summed E-state index contributed by atoms with van der Waals surface area (Å²) in [7, 11) is -6.33. The molecule has 21 nitrogen and oxygen atoms in total. The average Bonchev–Trinajstić information content (AvgIpc) is 3.31. The number of hydrogen-bond donors (Lipinski definition) is 9. The lowest BCUT2D eigenvalue weighted by Gasteiger charge is -2.39. The second-order valence-corrected chi connectivity index (χ2v) is 20.1. The summed E-state index contributed by atoms with van der Waals surface area (Å²) in [6.45, 7) is 10.9. The molecule has 2 aromatic carbocycles. The summed E-state index contributed by atoms with van der Waals surface area (Å²) in [5, 5.41) is 81.9. The maximum atomic E-state index is 12.6. The number of rotatable bonds is 15. The number of sulfonamides is 2. The van der Waals surface area contributed by atoms with Crippen LogP contribution in [0.4, 0.5) is 11.4 Å². The van der Waals surface area contributed by atoms with Crippen molar-refractivity contribution < 1.29 is 61.7 Å². The van der Waals surface area contributed by atoms with Crippen molar-refractivity contribution in [2.24, 2.45) is 11.8 Å². The molecule has 9 N–H and O–H groups in total. The van der Waals surface area contributed by atoms with Gasteiger partial charge >= 0.3 is 0 Å². The van der Waals surface area contributed by atoms with Gasteiger partial charge in [-0.2, -0.15) is 10.5 Å². The van der Waals surface area contributed by atoms with Gasteiger partial charge in [-0.1, -0.05) is 38.1 Å². The number of anilines is 2. The summed E-state index contributed by atoms with van der Waals surface area (Å²) >= 11 is 0. The van der Waals surface area contributed by atoms with Crippen molar-refractivity contribution in [2.45, 2.75) is 63.1 Å². The number of morpholine rings is 1. The van der Waals surface area contributed by atoms with Crippen LogP contribution in [0.15, 0.2) is 58.3 Å². The zero-order valence-corrected chi connectivity index (χ0v) is 38.8. The average molecular weight is 963 g/mol. The second-order valence-electron chi connectivity index (χ2n) is 16.6. The number of aliphatic hydroxyl groups excluding tert-OH is 6. The Morgan fingerprint density at radius 3 is 1.56 bits per heavy atom. The molecule has 4 fully saturated rings. The summed E-state index contributed by atoms with van der Waals surface area (Å²) in [5.74, 6) is -1.45. The highest BCUT2D eigenvalue weighted by atomic mass is 32.2. The minimum atomic E-state index is -4.21. The van der Waals surface area contributed by atoms with Gasteiger partial charge in [0.15, 0.2) is 22.4 Å². The van der Waals surface area contributed by atoms with Crippen molar-refractivity contribution in [2.75, 3.05) is 95.9 Å². The summed E-state index contributed by atoms with van der Waals surface area (Å²) in [6, 6.07) is 17.7. The topological polar surface area (TPSA) is 311 Å². The Kier molecular flexibility index (Phi) is 19.4. The van der Waals surface area contributed by atoms with E-state index in [-0.39, 0.29) is 0 Å². The van der Waals surface area contributed by atoms with Crippen LogP contribution in [-0.4, -0.2) is 192 Å². The number of nitrogens with one attached hydrogen (secondary N) is 3. The molecule has 0 aliphatic carbocycles. The Morgan fingerprint density at radius 2 is 1.12 bits per heavy atom. The van der Waals surface area contributed by atoms with Crippen molar-refractivity contribution in [1.29, 1.82) is 10.5 Å². The number of allylic oxidation sites excluding steroid dienone is 2. The van der Waals surface area contributed by atoms with E-state index in [1.165, 1.54) is 26.0 Å². The quantitative estimate of drug-likeness (QED) is 0.0926. The first-order chi connectivity index (χ1) is 31.3. The molecule has 4 aliphatic heterocycles. The third kappa shape index (κ3) is 14.4. The van der Waals surface area contributed by atoms with Crippen molar-refractivity contribution in [3.05, 3.63) is 69.5 Å². The second kappa shape index (κ2) is 24.2. The van der Waals surface area contributed by atoms with Crippen molar-refractivity contribution in [1.82, 2.24) is 19.2 Å². The molecule has 10 atom stereocenters. The van der Waals surface area contributed by atoms with E-state index in [9.17, 15) is 58.0 Å². The molecule has 0 aromatic heterocycles. The van der Waals surface area contributed by atoms with E-state index in [0.29, 0.717) is 11.1 Å². The molecule has 66 heavy (non-hydrogen) atoms. The SMILES string of the molecule is C[C@H]1C(O)O[C@H](CNS(=O)(=O)/C(C#N)=C/c2ccc(N3CCN(C)CC3)cc2)[C@@H](O)[C@@H]1O.C[C@H]1C(O)O[C@H](CNS(=O)(=O)/C(C#N)=C/c2ccc(NCCN3CCOCC3)cc2)[C@@H](O)[C@@H]1O. The van der Waals surface area contributed by atoms with E-state index in [2.05, 4.69) is 36.5 Å². The standard InChI is InChI=1S/C22H32N4O7S.C21H30N4O6S/c1-15-20(27)21(28)19(33-22(15)29)14-25-34(30,31)18(13-23)12-16-2-4-17(5-3-16)24-6-7-26-8-10-32-11-9-26;1-14-19(26)20(27)18(31-21(14)28)13-23-32(29,30)17(12-22)11-15-3-5-16(6-4-15)25-9-7-24(2)8-10-25/h2-5,12,15,19-22,24-25,27-29H,6-11,14H2,1H3;3-6,11,14,18-21,23,26-28H,7-10,13H2,1-2H3/b18-12+;17-11+/t15-,19-,20-,21-,22?;14-,18-,19-,20-,21?/m11/s1. The number of hydrogen-bond acceptors (Lipinski definition) is 19. The molecule has 4 heterocycles. The first-order valence-corrected chi connectivity index (χ1v) is 24.6. The van der Waals surface area contributed by atoms with Crippen LogP contribution in [0.3, 0.4) is 0 Å². The van der Waals surface area contributed by atoms with Gasteiger partial charge in [0.05, 0.1) is 25.4 Å². The minimum Gasteiger partial charge on any atom is -0.390 e. The van der Waals surface area contributed by atoms with Gasteiger partial charge in [-0.05, 0) is 54.6 Å². The molecule has 23 heteroatoms. The summed E-state index contributed by atoms with van der Waals surface area (Å²) in [6.07, 6.45) is -7.82. The largest absolute Gasteiger partial charge is 0.390 e. The van der Waals surface area contributed by atoms with E-state index in [1.807, 2.05) is 12.1 Å². The van der Waals surface area contributed by atoms with Crippen LogP contribution in [-0.2, 0) is 34.3 Å². The summed E-state index contributed by atoms with van der Waals surface area (Å²) in [5.41, 5.74) is 2.98. The van der Waals surface area contributed by atoms with E-state index in [4.69, 9.17) is 14.2 Å². The van der Waals surface area contributed by atoms with E-state index < -0.39 is 104 Å². The molecule has 4 aliphatic rings. The lowest BCUT2D eigenvalue weighted by atomic mass is 9.92. The Balaban J connectivity index is 0.000000248. The molecule has 2 aromatic rings. The van der Waals surface area contributed by atoms with Crippen molar-refractivity contribution in [3.8, 4) is 12.1 Å². The van der Waals surface area contributed by atoms with Crippen LogP contribution in [0.25, 0.3) is 12.2 Å². The zero-order valence-electron chi connectivity index (χ0n) is 37.1. The normalized spacial score (nSPS) is 29.5. The van der Waals surface area contributed by atoms with Crippen LogP contribution in [0.2, 0.25) is 0 Å². The molecular weight excluding hydrogens is 901 g/mol. The first-order valence-electron chi connectivity index (χ1n) is 21.6. The Hall–Kier alpha value is -4.12. The molecule has 2 unspecified atom stereocenters. The van der Waals surface area contributed by atoms with Gasteiger partial charge in [0, 0.05) is 88.7 Å². The highest BCUT2D eigenvalue weighted by Crippen LogP contribution is 2.26. The highest BCUT2D eigenvalue weighted by molar-refractivity contribution is 7.94. The number of nitrogens with zero attached hydrogens (tertiary/aromatic N) is 5. The van der Waals surface area contributed by atoms with Crippen LogP contribution in [0, 0.1) is 34.5 Å². The van der Waals surface area contributed by atoms with Gasteiger partial charge in [-0.3, -0.25) is 4.90 Å². The third-order valence-electron chi connectivity index (χ3n) is 11.9. The number of ether oxygens (including phenoxy) is 3. The number of nitriles is 2. The van der Waals surface area contributed by atoms with Crippen LogP contribution in [0.5, 0.6) is 0 Å². The maximum absolute atomic E-state index is 12.6. The molecule has 4 saturated heterocycles. The van der Waals surface area contributed by atoms with Gasteiger partial charge < -0.3 is 60.0 Å². The Labute approximate surface area is 386 Å². The van der Waals surface area contributed by atoms with Gasteiger partial charge in [0.1, 0.15) is 36.6 Å². The van der Waals surface area contributed by atoms with E-state index in [1.54, 1.807) is 48.5 Å². The van der Waals surface area contributed by atoms with E-state index >= 15 is 0 Å². The van der Waals surface area contributed by atoms with Crippen molar-refractivity contribution in [3.63, 3.8) is 0 Å². The highest BCUT2D eigenvalue weighted by Gasteiger charge is 2.43. The number of likely N-dealkylation sites (N-methyl/N-ethyl adjacent to an activating group) is 1. The molecular formula is C43H62N8O13S2. The maximum Gasteiger partial charge on any atom is 0.250 e. The first kappa shape index (κ1) is 52.8. The number of piperazine rings is 1. The van der Waals surface area contributed by atoms with Gasteiger partial charge in [-0.15, -0.1) is 0 Å². The zero-order chi connectivity index (χ0) is 48.2. The van der Waals surface area contributed by atoms with Gasteiger partial charge in [0.2, 0.25) is 0 Å². The molecule has 0 saturated carbocycles. The fourth-order valence-corrected chi connectivity index (χ4v) is 9.31. The monoisotopic (exact) mass is 962 g/mol. The molecule has 0 amide bonds. The van der Waals surface area contributed by atoms with E-state index in [0.717, 1.165) is 76.9 Å². The summed E-state index contributed by atoms with van der Waals surface area (Å²) < 4.78 is 70.6. The minimum absolute atomic E-state index is 0.411. The van der Waals surface area contributed by atoms with Gasteiger partial charge in [-0.25, -0.2) is 26.3 Å². The fraction of sp³-hybridized carbons (Fsp3) is 0.581. The molecule has 0 radical (unpaired) electrons. The molecule has 6 rings (SSSR count). The number of aliphatic hydroxyl groups is 6. The molecule has 364 valence electrons. The van der Waals surface area contributed by atoms with Gasteiger partial charge in [0.25, 0.3) is 20.0 Å². The van der Waals surface area contributed by atoms with Crippen LogP contribution >= 0.6 is 0 Å². The lowest BCUT2D eigenvalue weighted by molar-refractivity contribution is -0.257. The molecule has 0 bridgehead atoms. The lowest BCUT2D eigenvalue weighted by Crippen LogP contribution is -2.56. The predicted molar refractivity (Wildman–Crippen MR) is 243 cm³/mol. The van der Waals surface area contributed by atoms with Crippen LogP contribution < -0.4 is 19.7 Å². The predicted octanol–water partition coefficient (Wildman–Crippen LogP) is -1.41. The summed E-state index contributed by atoms with van der Waals surface area (Å²) in [4.78, 5) is 5.80. The van der Waals surface area contributed by atoms with Crippen molar-refractivity contribution >= 4 is 43.6 Å². The third-order valence-corrected chi connectivity index (χ3v) is 14.6. The number of benzene rings is 2. The Morgan fingerprint density at radius 1 is 0.682 bits per heavy atom. The smallest absolute Gasteiger partial charge is 0.250 e. The fourth-order valence-electron chi connectivity index (χ4n) is 7.41.